The number of imidazole rings is 1. The molecule has 0 amide bonds. The van der Waals surface area contributed by atoms with Crippen molar-refractivity contribution < 1.29 is 9.76 Å². The van der Waals surface area contributed by atoms with Gasteiger partial charge in [-0.2, -0.15) is 0 Å². The highest BCUT2D eigenvalue weighted by molar-refractivity contribution is 6.47. The van der Waals surface area contributed by atoms with Gasteiger partial charge in [-0.1, -0.05) is 11.5 Å². The van der Waals surface area contributed by atoms with E-state index in [9.17, 15) is 5.11 Å². The Morgan fingerprint density at radius 3 is 2.58 bits per heavy atom. The average molecular weight is 259 g/mol. The minimum Gasteiger partial charge on any atom is -0.427 e. The van der Waals surface area contributed by atoms with E-state index in [0.29, 0.717) is 0 Å². The van der Waals surface area contributed by atoms with Crippen LogP contribution in [0.3, 0.4) is 0 Å². The van der Waals surface area contributed by atoms with E-state index in [-0.39, 0.29) is 0 Å². The lowest BCUT2D eigenvalue weighted by Gasteiger charge is -2.37. The van der Waals surface area contributed by atoms with Crippen LogP contribution in [0.4, 0.5) is 0 Å². The third kappa shape index (κ3) is 2.82. The van der Waals surface area contributed by atoms with Gasteiger partial charge in [-0.15, -0.1) is 0 Å². The van der Waals surface area contributed by atoms with Gasteiger partial charge in [0, 0.05) is 7.05 Å². The van der Waals surface area contributed by atoms with Crippen LogP contribution in [0.15, 0.2) is 24.5 Å². The molecule has 0 aliphatic rings. The molecule has 0 atom stereocenters. The van der Waals surface area contributed by atoms with Gasteiger partial charge in [-0.05, 0) is 39.8 Å². The Kier molecular flexibility index (Phi) is 3.45. The minimum atomic E-state index is -0.918. The number of aliphatic hydroxyl groups is 1. The number of hydrogen-bond donors (Lipinski definition) is 1. The molecule has 1 N–H and O–H groups in total. The zero-order valence-corrected chi connectivity index (χ0v) is 12.1. The molecule has 1 aromatic heterocycles. The molecule has 1 aromatic carbocycles. The molecule has 0 unspecified atom stereocenters. The first-order valence-corrected chi connectivity index (χ1v) is 6.35. The van der Waals surface area contributed by atoms with Crippen molar-refractivity contribution >= 4 is 24.0 Å². The lowest BCUT2D eigenvalue weighted by atomic mass is 9.82. The van der Waals surface area contributed by atoms with Crippen molar-refractivity contribution in [1.29, 1.82) is 0 Å². The highest BCUT2D eigenvalue weighted by atomic mass is 16.5. The third-order valence-corrected chi connectivity index (χ3v) is 3.71. The molecule has 2 rings (SSSR count). The van der Waals surface area contributed by atoms with E-state index in [2.05, 4.69) is 4.98 Å². The lowest BCUT2D eigenvalue weighted by Crippen LogP contribution is -2.49. The average Bonchev–Trinajstić information content (AvgIpc) is 2.67. The van der Waals surface area contributed by atoms with Crippen molar-refractivity contribution in [2.75, 3.05) is 0 Å². The molecule has 1 heterocycles. The van der Waals surface area contributed by atoms with E-state index >= 15 is 0 Å². The van der Waals surface area contributed by atoms with Gasteiger partial charge < -0.3 is 14.3 Å². The van der Waals surface area contributed by atoms with Crippen molar-refractivity contribution in [2.45, 2.75) is 38.9 Å². The second-order valence-electron chi connectivity index (χ2n) is 5.91. The first kappa shape index (κ1) is 14.1. The van der Waals surface area contributed by atoms with Crippen LogP contribution in [0.2, 0.25) is 0 Å². The maximum atomic E-state index is 10.0. The standard InChI is InChI=1S/C14H20BN2O2/c1-13(2,18)14(3,4)19-15-10-6-7-12-11(8-10)16-9-17(12)5/h6-9,18H,1-5H3. The largest absolute Gasteiger partial charge is 0.427 e. The monoisotopic (exact) mass is 259 g/mol. The number of nitrogens with zero attached hydrogens (tertiary/aromatic N) is 2. The molecule has 0 aliphatic heterocycles. The Balaban J connectivity index is 2.14. The van der Waals surface area contributed by atoms with Gasteiger partial charge in [-0.25, -0.2) is 4.98 Å². The fourth-order valence-electron chi connectivity index (χ4n) is 1.59. The smallest absolute Gasteiger partial charge is 0.330 e. The van der Waals surface area contributed by atoms with Gasteiger partial charge >= 0.3 is 7.48 Å². The van der Waals surface area contributed by atoms with Crippen molar-refractivity contribution in [1.82, 2.24) is 9.55 Å². The maximum absolute atomic E-state index is 10.0. The maximum Gasteiger partial charge on any atom is 0.330 e. The zero-order chi connectivity index (χ0) is 14.3. The van der Waals surface area contributed by atoms with Gasteiger partial charge in [0.05, 0.1) is 28.6 Å². The Hall–Kier alpha value is -1.33. The van der Waals surface area contributed by atoms with Gasteiger partial charge in [0.25, 0.3) is 0 Å². The molecular weight excluding hydrogens is 239 g/mol. The summed E-state index contributed by atoms with van der Waals surface area (Å²) in [7, 11) is 3.64. The minimum absolute atomic E-state index is 0.661. The Bertz CT molecular complexity index is 585. The molecule has 0 aliphatic carbocycles. The molecule has 0 saturated heterocycles. The van der Waals surface area contributed by atoms with Crippen molar-refractivity contribution in [2.24, 2.45) is 7.05 Å². The predicted octanol–water partition coefficient (Wildman–Crippen LogP) is 1.38. The summed E-state index contributed by atoms with van der Waals surface area (Å²) < 4.78 is 7.70. The number of rotatable bonds is 4. The van der Waals surface area contributed by atoms with E-state index in [4.69, 9.17) is 4.65 Å². The summed E-state index contributed by atoms with van der Waals surface area (Å²) in [5.74, 6) is 0. The van der Waals surface area contributed by atoms with Crippen LogP contribution < -0.4 is 5.46 Å². The zero-order valence-electron chi connectivity index (χ0n) is 12.1. The number of aryl methyl sites for hydroxylation is 1. The van der Waals surface area contributed by atoms with Crippen LogP contribution in [0.5, 0.6) is 0 Å². The normalized spacial score (nSPS) is 12.9. The molecular formula is C14H20BN2O2. The van der Waals surface area contributed by atoms with Crippen LogP contribution in [-0.2, 0) is 11.7 Å². The van der Waals surface area contributed by atoms with E-state index < -0.39 is 11.2 Å². The predicted molar refractivity (Wildman–Crippen MR) is 77.6 cm³/mol. The van der Waals surface area contributed by atoms with Gasteiger partial charge in [0.2, 0.25) is 0 Å². The van der Waals surface area contributed by atoms with Crippen LogP contribution in [0, 0.1) is 0 Å². The molecule has 4 nitrogen and oxygen atoms in total. The summed E-state index contributed by atoms with van der Waals surface area (Å²) in [5, 5.41) is 10.0. The van der Waals surface area contributed by atoms with E-state index in [0.717, 1.165) is 16.5 Å². The molecule has 19 heavy (non-hydrogen) atoms. The van der Waals surface area contributed by atoms with Crippen molar-refractivity contribution in [3.63, 3.8) is 0 Å². The number of fused-ring (bicyclic) bond motifs is 1. The molecule has 5 heteroatoms. The Labute approximate surface area is 114 Å². The molecule has 2 aromatic rings. The van der Waals surface area contributed by atoms with Gasteiger partial charge in [0.15, 0.2) is 0 Å². The first-order chi connectivity index (χ1) is 8.71. The fourth-order valence-corrected chi connectivity index (χ4v) is 1.59. The summed E-state index contributed by atoms with van der Waals surface area (Å²) in [4.78, 5) is 4.31. The van der Waals surface area contributed by atoms with Gasteiger partial charge in [0.1, 0.15) is 0 Å². The van der Waals surface area contributed by atoms with Crippen LogP contribution in [0.1, 0.15) is 27.7 Å². The molecule has 1 radical (unpaired) electrons. The topological polar surface area (TPSA) is 47.3 Å². The summed E-state index contributed by atoms with van der Waals surface area (Å²) in [6.45, 7) is 7.21. The summed E-state index contributed by atoms with van der Waals surface area (Å²) in [6, 6.07) is 5.95. The highest BCUT2D eigenvalue weighted by Crippen LogP contribution is 2.24. The van der Waals surface area contributed by atoms with Crippen LogP contribution in [0.25, 0.3) is 11.0 Å². The van der Waals surface area contributed by atoms with E-state index in [1.54, 1.807) is 27.7 Å². The highest BCUT2D eigenvalue weighted by Gasteiger charge is 2.35. The lowest BCUT2D eigenvalue weighted by molar-refractivity contribution is -0.0893. The summed E-state index contributed by atoms with van der Waals surface area (Å²) >= 11 is 0. The van der Waals surface area contributed by atoms with E-state index in [1.165, 1.54) is 0 Å². The number of hydrogen-bond acceptors (Lipinski definition) is 3. The molecule has 0 bridgehead atoms. The summed E-state index contributed by atoms with van der Waals surface area (Å²) in [6.07, 6.45) is 1.79. The fraction of sp³-hybridized carbons (Fsp3) is 0.500. The van der Waals surface area contributed by atoms with Crippen molar-refractivity contribution in [3.8, 4) is 0 Å². The SMILES string of the molecule is Cn1cnc2cc([B]OC(C)(C)C(C)(C)O)ccc21. The molecule has 0 saturated carbocycles. The Morgan fingerprint density at radius 1 is 1.26 bits per heavy atom. The number of aromatic nitrogens is 2. The van der Waals surface area contributed by atoms with Crippen LogP contribution >= 0.6 is 0 Å². The van der Waals surface area contributed by atoms with E-state index in [1.807, 2.05) is 43.7 Å². The van der Waals surface area contributed by atoms with Crippen molar-refractivity contribution in [3.05, 3.63) is 24.5 Å². The molecule has 0 fully saturated rings. The quantitative estimate of drug-likeness (QED) is 0.844. The molecule has 101 valence electrons. The third-order valence-electron chi connectivity index (χ3n) is 3.71. The number of benzene rings is 1. The van der Waals surface area contributed by atoms with Gasteiger partial charge in [-0.3, -0.25) is 0 Å². The first-order valence-electron chi connectivity index (χ1n) is 6.35. The molecule has 0 spiro atoms. The second kappa shape index (κ2) is 4.65. The summed E-state index contributed by atoms with van der Waals surface area (Å²) in [5.41, 5.74) is 1.37. The second-order valence-corrected chi connectivity index (χ2v) is 5.91. The van der Waals surface area contributed by atoms with Crippen LogP contribution in [-0.4, -0.2) is 33.3 Å². The Morgan fingerprint density at radius 2 is 1.95 bits per heavy atom.